The minimum Gasteiger partial charge on any atom is -0.381 e. The van der Waals surface area contributed by atoms with E-state index >= 15 is 0 Å². The fourth-order valence-corrected chi connectivity index (χ4v) is 4.92. The summed E-state index contributed by atoms with van der Waals surface area (Å²) in [6.45, 7) is 1.58. The van der Waals surface area contributed by atoms with E-state index in [-0.39, 0.29) is 0 Å². The normalized spacial score (nSPS) is 22.1. The Bertz CT molecular complexity index is 696. The van der Waals surface area contributed by atoms with E-state index in [0.29, 0.717) is 11.2 Å². The Morgan fingerprint density at radius 1 is 1.08 bits per heavy atom. The summed E-state index contributed by atoms with van der Waals surface area (Å²) < 4.78 is 7.16. The zero-order valence-electron chi connectivity index (χ0n) is 13.9. The molecule has 1 atom stereocenters. The lowest BCUT2D eigenvalue weighted by Gasteiger charge is -2.21. The standard InChI is InChI=1S/C18H24N4OS/c19-22-17(14-9-11-23-12-10-14)20-21-18(22)24-16-8-4-2-6-13-5-1-3-7-15(13)16/h1,3,5,7,14,16H,2,4,6,8-12,19H2/t16-/m0/s1. The van der Waals surface area contributed by atoms with Crippen molar-refractivity contribution in [2.45, 2.75) is 54.8 Å². The van der Waals surface area contributed by atoms with Crippen molar-refractivity contribution in [3.8, 4) is 0 Å². The van der Waals surface area contributed by atoms with Crippen LogP contribution >= 0.6 is 11.8 Å². The quantitative estimate of drug-likeness (QED) is 0.682. The Balaban J connectivity index is 1.56. The second kappa shape index (κ2) is 7.15. The Hall–Kier alpha value is -1.53. The minimum atomic E-state index is 0.368. The molecule has 0 unspecified atom stereocenters. The predicted molar refractivity (Wildman–Crippen MR) is 95.6 cm³/mol. The van der Waals surface area contributed by atoms with E-state index in [9.17, 15) is 0 Å². The molecule has 2 heterocycles. The number of ether oxygens (including phenoxy) is 1. The molecule has 1 aliphatic carbocycles. The maximum Gasteiger partial charge on any atom is 0.210 e. The first-order chi connectivity index (χ1) is 11.8. The van der Waals surface area contributed by atoms with Gasteiger partial charge in [-0.15, -0.1) is 10.2 Å². The van der Waals surface area contributed by atoms with Gasteiger partial charge in [0.25, 0.3) is 0 Å². The highest BCUT2D eigenvalue weighted by Crippen LogP contribution is 2.42. The predicted octanol–water partition coefficient (Wildman–Crippen LogP) is 3.45. The maximum atomic E-state index is 6.34. The van der Waals surface area contributed by atoms with Crippen LogP contribution in [-0.4, -0.2) is 28.1 Å². The van der Waals surface area contributed by atoms with Gasteiger partial charge in [-0.3, -0.25) is 0 Å². The number of nitrogens with two attached hydrogens (primary N) is 1. The third-order valence-electron chi connectivity index (χ3n) is 5.09. The van der Waals surface area contributed by atoms with Crippen LogP contribution in [0, 0.1) is 0 Å². The van der Waals surface area contributed by atoms with Gasteiger partial charge >= 0.3 is 0 Å². The van der Waals surface area contributed by atoms with Crippen LogP contribution in [0.3, 0.4) is 0 Å². The first-order valence-electron chi connectivity index (χ1n) is 8.85. The number of nitrogens with zero attached hydrogens (tertiary/aromatic N) is 3. The lowest BCUT2D eigenvalue weighted by molar-refractivity contribution is 0.0830. The SMILES string of the molecule is Nn1c(S[C@H]2CCCCc3ccccc32)nnc1C1CCOCC1. The summed E-state index contributed by atoms with van der Waals surface area (Å²) >= 11 is 1.77. The molecule has 6 heteroatoms. The molecule has 2 aromatic rings. The Kier molecular flexibility index (Phi) is 4.76. The van der Waals surface area contributed by atoms with Gasteiger partial charge in [0.05, 0.1) is 0 Å². The number of aromatic nitrogens is 3. The van der Waals surface area contributed by atoms with Gasteiger partial charge in [-0.2, -0.15) is 0 Å². The molecule has 1 saturated heterocycles. The summed E-state index contributed by atoms with van der Waals surface area (Å²) in [5, 5.41) is 10.0. The number of nitrogen functional groups attached to an aromatic ring is 1. The molecular formula is C18H24N4OS. The van der Waals surface area contributed by atoms with Crippen LogP contribution in [0.25, 0.3) is 0 Å². The van der Waals surface area contributed by atoms with Gasteiger partial charge in [0.2, 0.25) is 5.16 Å². The van der Waals surface area contributed by atoms with E-state index in [4.69, 9.17) is 10.6 Å². The van der Waals surface area contributed by atoms with Gasteiger partial charge in [0.15, 0.2) is 5.82 Å². The molecule has 24 heavy (non-hydrogen) atoms. The summed E-state index contributed by atoms with van der Waals surface area (Å²) in [6, 6.07) is 8.79. The third-order valence-corrected chi connectivity index (χ3v) is 6.35. The van der Waals surface area contributed by atoms with E-state index in [0.717, 1.165) is 37.0 Å². The Labute approximate surface area is 146 Å². The first-order valence-corrected chi connectivity index (χ1v) is 9.73. The molecule has 0 spiro atoms. The van der Waals surface area contributed by atoms with E-state index in [1.807, 2.05) is 0 Å². The van der Waals surface area contributed by atoms with Crippen LogP contribution in [0.1, 0.15) is 60.2 Å². The van der Waals surface area contributed by atoms with Crippen molar-refractivity contribution >= 4 is 11.8 Å². The van der Waals surface area contributed by atoms with Gasteiger partial charge in [-0.05, 0) is 43.2 Å². The van der Waals surface area contributed by atoms with Crippen molar-refractivity contribution < 1.29 is 4.74 Å². The zero-order chi connectivity index (χ0) is 16.4. The summed E-state index contributed by atoms with van der Waals surface area (Å²) in [6.07, 6.45) is 6.81. The number of benzene rings is 1. The lowest BCUT2D eigenvalue weighted by Crippen LogP contribution is -2.22. The third kappa shape index (κ3) is 3.17. The molecule has 4 rings (SSSR count). The number of fused-ring (bicyclic) bond motifs is 1. The number of rotatable bonds is 3. The highest BCUT2D eigenvalue weighted by molar-refractivity contribution is 7.99. The Morgan fingerprint density at radius 3 is 2.79 bits per heavy atom. The summed E-state index contributed by atoms with van der Waals surface area (Å²) in [7, 11) is 0. The fourth-order valence-electron chi connectivity index (χ4n) is 3.73. The van der Waals surface area contributed by atoms with Crippen LogP contribution in [0.2, 0.25) is 0 Å². The van der Waals surface area contributed by atoms with E-state index in [1.54, 1.807) is 16.4 Å². The molecule has 0 amide bonds. The molecule has 1 fully saturated rings. The van der Waals surface area contributed by atoms with Gasteiger partial charge in [0.1, 0.15) is 0 Å². The van der Waals surface area contributed by atoms with Crippen molar-refractivity contribution in [2.75, 3.05) is 19.1 Å². The molecule has 0 radical (unpaired) electrons. The second-order valence-electron chi connectivity index (χ2n) is 6.65. The van der Waals surface area contributed by atoms with Crippen molar-refractivity contribution in [2.24, 2.45) is 0 Å². The van der Waals surface area contributed by atoms with Crippen LogP contribution in [0.5, 0.6) is 0 Å². The molecule has 1 aliphatic heterocycles. The molecule has 1 aromatic heterocycles. The molecule has 2 N–H and O–H groups in total. The van der Waals surface area contributed by atoms with Crippen LogP contribution in [0.15, 0.2) is 29.4 Å². The molecule has 1 aromatic carbocycles. The molecular weight excluding hydrogens is 320 g/mol. The number of aryl methyl sites for hydroxylation is 1. The Morgan fingerprint density at radius 2 is 1.92 bits per heavy atom. The fraction of sp³-hybridized carbons (Fsp3) is 0.556. The highest BCUT2D eigenvalue weighted by atomic mass is 32.2. The second-order valence-corrected chi connectivity index (χ2v) is 7.82. The first kappa shape index (κ1) is 16.0. The van der Waals surface area contributed by atoms with Gasteiger partial charge in [-0.1, -0.05) is 42.4 Å². The molecule has 5 nitrogen and oxygen atoms in total. The number of thioether (sulfide) groups is 1. The molecule has 0 bridgehead atoms. The zero-order valence-corrected chi connectivity index (χ0v) is 14.7. The monoisotopic (exact) mass is 344 g/mol. The summed E-state index contributed by atoms with van der Waals surface area (Å²) in [5.74, 6) is 7.61. The van der Waals surface area contributed by atoms with Crippen molar-refractivity contribution in [1.82, 2.24) is 14.9 Å². The molecule has 128 valence electrons. The average Bonchev–Trinajstić information content (AvgIpc) is 2.86. The summed E-state index contributed by atoms with van der Waals surface area (Å²) in [4.78, 5) is 0. The number of hydrogen-bond donors (Lipinski definition) is 1. The average molecular weight is 344 g/mol. The highest BCUT2D eigenvalue weighted by Gasteiger charge is 2.26. The minimum absolute atomic E-state index is 0.368. The smallest absolute Gasteiger partial charge is 0.210 e. The van der Waals surface area contributed by atoms with Crippen LogP contribution < -0.4 is 5.84 Å². The van der Waals surface area contributed by atoms with E-state index < -0.39 is 0 Å². The topological polar surface area (TPSA) is 66.0 Å². The number of hydrogen-bond acceptors (Lipinski definition) is 5. The van der Waals surface area contributed by atoms with Gasteiger partial charge < -0.3 is 10.6 Å². The van der Waals surface area contributed by atoms with Gasteiger partial charge in [0, 0.05) is 24.4 Å². The van der Waals surface area contributed by atoms with E-state index in [2.05, 4.69) is 34.5 Å². The lowest BCUT2D eigenvalue weighted by atomic mass is 10.00. The van der Waals surface area contributed by atoms with Crippen LogP contribution in [-0.2, 0) is 11.2 Å². The van der Waals surface area contributed by atoms with Crippen molar-refractivity contribution in [3.63, 3.8) is 0 Å². The van der Waals surface area contributed by atoms with Gasteiger partial charge in [-0.25, -0.2) is 4.68 Å². The van der Waals surface area contributed by atoms with Crippen molar-refractivity contribution in [3.05, 3.63) is 41.2 Å². The maximum absolute atomic E-state index is 6.34. The van der Waals surface area contributed by atoms with Crippen molar-refractivity contribution in [1.29, 1.82) is 0 Å². The van der Waals surface area contributed by atoms with Crippen LogP contribution in [0.4, 0.5) is 0 Å². The molecule has 2 aliphatic rings. The largest absolute Gasteiger partial charge is 0.381 e. The molecule has 0 saturated carbocycles. The summed E-state index contributed by atoms with van der Waals surface area (Å²) in [5.41, 5.74) is 2.91. The van der Waals surface area contributed by atoms with E-state index in [1.165, 1.54) is 36.8 Å².